The fraction of sp³-hybridized carbons (Fsp3) is 0.538. The first-order chi connectivity index (χ1) is 8.13. The Morgan fingerprint density at radius 3 is 2.47 bits per heavy atom. The molecule has 0 aliphatic rings. The third-order valence-corrected chi connectivity index (χ3v) is 2.67. The van der Waals surface area contributed by atoms with Gasteiger partial charge in [-0.25, -0.2) is 0 Å². The number of benzene rings is 1. The standard InChI is InChI=1S/C13H21NO3/c1-9-7-11(15-3)8-12(16-4)13(9)10(2)17-6-5-14/h7-8,10H,5-6,14H2,1-4H3. The molecule has 1 aromatic rings. The molecule has 0 fully saturated rings. The number of nitrogens with two attached hydrogens (primary N) is 1. The van der Waals surface area contributed by atoms with Crippen LogP contribution >= 0.6 is 0 Å². The Morgan fingerprint density at radius 2 is 1.94 bits per heavy atom. The van der Waals surface area contributed by atoms with Crippen LogP contribution in [0, 0.1) is 6.92 Å². The van der Waals surface area contributed by atoms with Gasteiger partial charge >= 0.3 is 0 Å². The summed E-state index contributed by atoms with van der Waals surface area (Å²) in [7, 11) is 3.29. The first-order valence-corrected chi connectivity index (χ1v) is 5.68. The SMILES string of the molecule is COc1cc(C)c(C(C)OCCN)c(OC)c1. The third-order valence-electron chi connectivity index (χ3n) is 2.67. The molecule has 0 aliphatic heterocycles. The Balaban J connectivity index is 3.04. The lowest BCUT2D eigenvalue weighted by molar-refractivity contribution is 0.0695. The van der Waals surface area contributed by atoms with E-state index >= 15 is 0 Å². The quantitative estimate of drug-likeness (QED) is 0.825. The van der Waals surface area contributed by atoms with Gasteiger partial charge in [0.1, 0.15) is 11.5 Å². The van der Waals surface area contributed by atoms with Gasteiger partial charge in [0.25, 0.3) is 0 Å². The molecule has 0 heterocycles. The summed E-state index contributed by atoms with van der Waals surface area (Å²) < 4.78 is 16.2. The fourth-order valence-corrected chi connectivity index (χ4v) is 1.87. The predicted molar refractivity (Wildman–Crippen MR) is 67.7 cm³/mol. The van der Waals surface area contributed by atoms with Gasteiger partial charge in [-0.15, -0.1) is 0 Å². The molecule has 1 aromatic carbocycles. The average Bonchev–Trinajstić information content (AvgIpc) is 2.34. The Hall–Kier alpha value is -1.26. The summed E-state index contributed by atoms with van der Waals surface area (Å²) in [6.07, 6.45) is -0.0422. The van der Waals surface area contributed by atoms with E-state index in [2.05, 4.69) is 0 Å². The van der Waals surface area contributed by atoms with Gasteiger partial charge in [-0.3, -0.25) is 0 Å². The maximum atomic E-state index is 5.63. The molecule has 0 amide bonds. The van der Waals surface area contributed by atoms with Crippen LogP contribution in [0.3, 0.4) is 0 Å². The van der Waals surface area contributed by atoms with E-state index in [1.165, 1.54) is 0 Å². The highest BCUT2D eigenvalue weighted by Gasteiger charge is 2.16. The largest absolute Gasteiger partial charge is 0.497 e. The Kier molecular flexibility index (Phi) is 5.25. The van der Waals surface area contributed by atoms with Crippen molar-refractivity contribution in [3.8, 4) is 11.5 Å². The minimum Gasteiger partial charge on any atom is -0.497 e. The van der Waals surface area contributed by atoms with Crippen molar-refractivity contribution >= 4 is 0 Å². The first kappa shape index (κ1) is 13.8. The fourth-order valence-electron chi connectivity index (χ4n) is 1.87. The summed E-state index contributed by atoms with van der Waals surface area (Å²) >= 11 is 0. The summed E-state index contributed by atoms with van der Waals surface area (Å²) in [6, 6.07) is 3.84. The number of hydrogen-bond acceptors (Lipinski definition) is 4. The summed E-state index contributed by atoms with van der Waals surface area (Å²) in [5, 5.41) is 0. The van der Waals surface area contributed by atoms with E-state index in [1.807, 2.05) is 26.0 Å². The molecule has 2 N–H and O–H groups in total. The molecule has 0 aromatic heterocycles. The molecule has 0 spiro atoms. The molecule has 1 unspecified atom stereocenters. The van der Waals surface area contributed by atoms with E-state index in [0.29, 0.717) is 13.2 Å². The van der Waals surface area contributed by atoms with Gasteiger partial charge < -0.3 is 19.9 Å². The molecular weight excluding hydrogens is 218 g/mol. The molecule has 0 aliphatic carbocycles. The number of ether oxygens (including phenoxy) is 3. The molecule has 0 radical (unpaired) electrons. The minimum atomic E-state index is -0.0422. The molecule has 4 heteroatoms. The van der Waals surface area contributed by atoms with Gasteiger partial charge in [0, 0.05) is 18.2 Å². The number of rotatable bonds is 6. The average molecular weight is 239 g/mol. The van der Waals surface area contributed by atoms with E-state index in [0.717, 1.165) is 22.6 Å². The van der Waals surface area contributed by atoms with Crippen LogP contribution in [0.2, 0.25) is 0 Å². The van der Waals surface area contributed by atoms with E-state index in [9.17, 15) is 0 Å². The van der Waals surface area contributed by atoms with Gasteiger partial charge in [-0.05, 0) is 25.5 Å². The van der Waals surface area contributed by atoms with E-state index in [4.69, 9.17) is 19.9 Å². The highest BCUT2D eigenvalue weighted by molar-refractivity contribution is 5.47. The topological polar surface area (TPSA) is 53.7 Å². The molecule has 0 saturated heterocycles. The third kappa shape index (κ3) is 3.35. The summed E-state index contributed by atoms with van der Waals surface area (Å²) in [6.45, 7) is 5.06. The maximum absolute atomic E-state index is 5.63. The van der Waals surface area contributed by atoms with Crippen molar-refractivity contribution < 1.29 is 14.2 Å². The lowest BCUT2D eigenvalue weighted by Crippen LogP contribution is -2.12. The van der Waals surface area contributed by atoms with Gasteiger partial charge in [-0.2, -0.15) is 0 Å². The van der Waals surface area contributed by atoms with Crippen LogP contribution in [0.1, 0.15) is 24.2 Å². The lowest BCUT2D eigenvalue weighted by atomic mass is 10.0. The van der Waals surface area contributed by atoms with Gasteiger partial charge in [0.2, 0.25) is 0 Å². The van der Waals surface area contributed by atoms with Gasteiger partial charge in [-0.1, -0.05) is 0 Å². The van der Waals surface area contributed by atoms with E-state index in [-0.39, 0.29) is 6.10 Å². The van der Waals surface area contributed by atoms with Crippen LogP contribution in [0.25, 0.3) is 0 Å². The molecule has 0 bridgehead atoms. The summed E-state index contributed by atoms with van der Waals surface area (Å²) in [5.41, 5.74) is 7.56. The normalized spacial score (nSPS) is 12.3. The lowest BCUT2D eigenvalue weighted by Gasteiger charge is -2.19. The molecule has 4 nitrogen and oxygen atoms in total. The monoisotopic (exact) mass is 239 g/mol. The van der Waals surface area contributed by atoms with Crippen LogP contribution in [0.15, 0.2) is 12.1 Å². The van der Waals surface area contributed by atoms with Crippen molar-refractivity contribution in [2.45, 2.75) is 20.0 Å². The molecular formula is C13H21NO3. The second kappa shape index (κ2) is 6.47. The van der Waals surface area contributed by atoms with Crippen LogP contribution in [0.5, 0.6) is 11.5 Å². The number of methoxy groups -OCH3 is 2. The molecule has 0 saturated carbocycles. The maximum Gasteiger partial charge on any atom is 0.128 e. The number of hydrogen-bond donors (Lipinski definition) is 1. The van der Waals surface area contributed by atoms with Crippen LogP contribution in [-0.2, 0) is 4.74 Å². The number of aryl methyl sites for hydroxylation is 1. The van der Waals surface area contributed by atoms with Crippen molar-refractivity contribution in [1.82, 2.24) is 0 Å². The van der Waals surface area contributed by atoms with Crippen molar-refractivity contribution in [3.05, 3.63) is 23.3 Å². The Morgan fingerprint density at radius 1 is 1.24 bits per heavy atom. The summed E-state index contributed by atoms with van der Waals surface area (Å²) in [5.74, 6) is 1.57. The van der Waals surface area contributed by atoms with Gasteiger partial charge in [0.05, 0.1) is 26.9 Å². The van der Waals surface area contributed by atoms with E-state index < -0.39 is 0 Å². The zero-order valence-electron chi connectivity index (χ0n) is 10.9. The van der Waals surface area contributed by atoms with Crippen LogP contribution in [0.4, 0.5) is 0 Å². The second-order valence-corrected chi connectivity index (χ2v) is 3.86. The predicted octanol–water partition coefficient (Wildman–Crippen LogP) is 2.05. The molecule has 17 heavy (non-hydrogen) atoms. The van der Waals surface area contributed by atoms with Crippen LogP contribution < -0.4 is 15.2 Å². The van der Waals surface area contributed by atoms with Crippen molar-refractivity contribution in [1.29, 1.82) is 0 Å². The summed E-state index contributed by atoms with van der Waals surface area (Å²) in [4.78, 5) is 0. The Bertz CT molecular complexity index is 366. The molecule has 1 atom stereocenters. The molecule has 96 valence electrons. The second-order valence-electron chi connectivity index (χ2n) is 3.86. The van der Waals surface area contributed by atoms with Crippen LogP contribution in [-0.4, -0.2) is 27.4 Å². The zero-order chi connectivity index (χ0) is 12.8. The smallest absolute Gasteiger partial charge is 0.128 e. The Labute approximate surface area is 103 Å². The highest BCUT2D eigenvalue weighted by atomic mass is 16.5. The zero-order valence-corrected chi connectivity index (χ0v) is 10.9. The van der Waals surface area contributed by atoms with Crippen molar-refractivity contribution in [2.24, 2.45) is 5.73 Å². The van der Waals surface area contributed by atoms with Crippen molar-refractivity contribution in [2.75, 3.05) is 27.4 Å². The van der Waals surface area contributed by atoms with Gasteiger partial charge in [0.15, 0.2) is 0 Å². The van der Waals surface area contributed by atoms with E-state index in [1.54, 1.807) is 14.2 Å². The molecule has 1 rings (SSSR count). The minimum absolute atomic E-state index is 0.0422. The van der Waals surface area contributed by atoms with Crippen molar-refractivity contribution in [3.63, 3.8) is 0 Å². The first-order valence-electron chi connectivity index (χ1n) is 5.68. The highest BCUT2D eigenvalue weighted by Crippen LogP contribution is 2.34.